The van der Waals surface area contributed by atoms with Gasteiger partial charge in [-0.3, -0.25) is 4.79 Å². The van der Waals surface area contributed by atoms with Gasteiger partial charge in [-0.05, 0) is 57.2 Å². The highest BCUT2D eigenvalue weighted by Gasteiger charge is 2.40. The SMILES string of the molecule is O=C(c1nn(-c2ccccc2)c2c1CCC2)N1C2CCNCC1CC2. The molecule has 2 fully saturated rings. The lowest BCUT2D eigenvalue weighted by Gasteiger charge is -2.27. The largest absolute Gasteiger partial charge is 0.330 e. The average molecular weight is 336 g/mol. The van der Waals surface area contributed by atoms with E-state index in [1.807, 2.05) is 22.9 Å². The van der Waals surface area contributed by atoms with Crippen molar-refractivity contribution in [1.29, 1.82) is 0 Å². The number of nitrogens with one attached hydrogen (secondary N) is 1. The highest BCUT2D eigenvalue weighted by atomic mass is 16.2. The normalized spacial score (nSPS) is 25.0. The van der Waals surface area contributed by atoms with Crippen molar-refractivity contribution in [2.24, 2.45) is 0 Å². The molecule has 5 rings (SSSR count). The summed E-state index contributed by atoms with van der Waals surface area (Å²) in [4.78, 5) is 15.6. The molecule has 0 radical (unpaired) electrons. The number of para-hydroxylation sites is 1. The lowest BCUT2D eigenvalue weighted by Crippen LogP contribution is -2.43. The molecule has 2 atom stereocenters. The van der Waals surface area contributed by atoms with Gasteiger partial charge in [-0.15, -0.1) is 0 Å². The number of hydrogen-bond acceptors (Lipinski definition) is 3. The Kier molecular flexibility index (Phi) is 3.63. The van der Waals surface area contributed by atoms with E-state index in [1.54, 1.807) is 0 Å². The van der Waals surface area contributed by atoms with E-state index in [-0.39, 0.29) is 5.91 Å². The van der Waals surface area contributed by atoms with Crippen molar-refractivity contribution in [3.63, 3.8) is 0 Å². The minimum Gasteiger partial charge on any atom is -0.330 e. The first-order valence-electron chi connectivity index (χ1n) is 9.52. The molecule has 2 aliphatic heterocycles. The van der Waals surface area contributed by atoms with E-state index in [2.05, 4.69) is 22.3 Å². The number of hydrogen-bond donors (Lipinski definition) is 1. The molecular weight excluding hydrogens is 312 g/mol. The van der Waals surface area contributed by atoms with Gasteiger partial charge < -0.3 is 10.2 Å². The zero-order chi connectivity index (χ0) is 16.8. The first-order chi connectivity index (χ1) is 12.3. The number of fused-ring (bicyclic) bond motifs is 3. The van der Waals surface area contributed by atoms with Crippen molar-refractivity contribution in [2.45, 2.75) is 50.6 Å². The molecule has 3 heterocycles. The maximum absolute atomic E-state index is 13.4. The van der Waals surface area contributed by atoms with Gasteiger partial charge in [0.25, 0.3) is 5.91 Å². The summed E-state index contributed by atoms with van der Waals surface area (Å²) in [5.41, 5.74) is 4.18. The van der Waals surface area contributed by atoms with Gasteiger partial charge in [0.15, 0.2) is 5.69 Å². The molecule has 0 saturated carbocycles. The zero-order valence-electron chi connectivity index (χ0n) is 14.4. The smallest absolute Gasteiger partial charge is 0.275 e. The maximum atomic E-state index is 13.4. The Balaban J connectivity index is 1.55. The van der Waals surface area contributed by atoms with Crippen LogP contribution in [0.3, 0.4) is 0 Å². The Labute approximate surface area is 148 Å². The molecule has 5 heteroatoms. The molecule has 1 amide bonds. The Morgan fingerprint density at radius 2 is 1.92 bits per heavy atom. The van der Waals surface area contributed by atoms with Gasteiger partial charge in [-0.1, -0.05) is 18.2 Å². The van der Waals surface area contributed by atoms with E-state index in [9.17, 15) is 4.79 Å². The second-order valence-corrected chi connectivity index (χ2v) is 7.46. The Morgan fingerprint density at radius 1 is 1.08 bits per heavy atom. The van der Waals surface area contributed by atoms with Crippen LogP contribution < -0.4 is 5.32 Å². The third kappa shape index (κ3) is 2.41. The topological polar surface area (TPSA) is 50.2 Å². The molecule has 25 heavy (non-hydrogen) atoms. The van der Waals surface area contributed by atoms with Crippen LogP contribution in [0.25, 0.3) is 5.69 Å². The van der Waals surface area contributed by atoms with Crippen molar-refractivity contribution < 1.29 is 4.79 Å². The molecule has 0 spiro atoms. The molecule has 2 bridgehead atoms. The summed E-state index contributed by atoms with van der Waals surface area (Å²) in [6.45, 7) is 1.94. The molecule has 1 aromatic heterocycles. The van der Waals surface area contributed by atoms with Crippen molar-refractivity contribution in [2.75, 3.05) is 13.1 Å². The van der Waals surface area contributed by atoms with E-state index in [1.165, 1.54) is 11.3 Å². The van der Waals surface area contributed by atoms with E-state index >= 15 is 0 Å². The zero-order valence-corrected chi connectivity index (χ0v) is 14.4. The third-order valence-corrected chi connectivity index (χ3v) is 6.02. The van der Waals surface area contributed by atoms with Crippen molar-refractivity contribution in [3.8, 4) is 5.69 Å². The van der Waals surface area contributed by atoms with E-state index in [0.717, 1.165) is 57.3 Å². The van der Waals surface area contributed by atoms with Crippen LogP contribution in [-0.4, -0.2) is 45.8 Å². The van der Waals surface area contributed by atoms with Crippen LogP contribution in [0.1, 0.15) is 47.4 Å². The van der Waals surface area contributed by atoms with Crippen LogP contribution in [0.5, 0.6) is 0 Å². The van der Waals surface area contributed by atoms with Gasteiger partial charge in [0.1, 0.15) is 0 Å². The second kappa shape index (κ2) is 5.99. The first-order valence-corrected chi connectivity index (χ1v) is 9.52. The number of carbonyl (C=O) groups excluding carboxylic acids is 1. The predicted molar refractivity (Wildman–Crippen MR) is 96.1 cm³/mol. The number of rotatable bonds is 2. The van der Waals surface area contributed by atoms with Gasteiger partial charge in [0, 0.05) is 29.9 Å². The van der Waals surface area contributed by atoms with Crippen molar-refractivity contribution in [1.82, 2.24) is 20.0 Å². The lowest BCUT2D eigenvalue weighted by atomic mass is 10.1. The van der Waals surface area contributed by atoms with E-state index in [4.69, 9.17) is 5.10 Å². The molecule has 1 aliphatic carbocycles. The predicted octanol–water partition coefficient (Wildman–Crippen LogP) is 2.33. The summed E-state index contributed by atoms with van der Waals surface area (Å²) in [6, 6.07) is 10.9. The molecule has 1 aromatic carbocycles. The Morgan fingerprint density at radius 3 is 2.80 bits per heavy atom. The van der Waals surface area contributed by atoms with Crippen LogP contribution in [0, 0.1) is 0 Å². The fourth-order valence-electron chi connectivity index (χ4n) is 4.83. The minimum atomic E-state index is 0.157. The molecule has 1 N–H and O–H groups in total. The standard InChI is InChI=1S/C20H24N4O/c25-20(23-14-9-10-16(23)13-21-12-11-14)19-17-7-4-8-18(17)24(22-19)15-5-2-1-3-6-15/h1-3,5-6,14,16,21H,4,7-13H2. The average Bonchev–Trinajstić information content (AvgIpc) is 3.28. The molecule has 2 unspecified atom stereocenters. The summed E-state index contributed by atoms with van der Waals surface area (Å²) in [7, 11) is 0. The summed E-state index contributed by atoms with van der Waals surface area (Å²) in [5, 5.41) is 8.29. The molecule has 2 saturated heterocycles. The number of carbonyl (C=O) groups is 1. The van der Waals surface area contributed by atoms with Crippen LogP contribution in [-0.2, 0) is 12.8 Å². The summed E-state index contributed by atoms with van der Waals surface area (Å²) in [6.07, 6.45) is 6.42. The molecule has 5 nitrogen and oxygen atoms in total. The Hall–Kier alpha value is -2.14. The van der Waals surface area contributed by atoms with Gasteiger partial charge in [-0.25, -0.2) is 4.68 Å². The first kappa shape index (κ1) is 15.1. The maximum Gasteiger partial charge on any atom is 0.275 e. The third-order valence-electron chi connectivity index (χ3n) is 6.02. The van der Waals surface area contributed by atoms with Crippen molar-refractivity contribution >= 4 is 5.91 Å². The second-order valence-electron chi connectivity index (χ2n) is 7.46. The Bertz CT molecular complexity index is 784. The number of nitrogens with zero attached hydrogens (tertiary/aromatic N) is 3. The number of benzene rings is 1. The van der Waals surface area contributed by atoms with Crippen LogP contribution in [0.15, 0.2) is 30.3 Å². The minimum absolute atomic E-state index is 0.157. The van der Waals surface area contributed by atoms with E-state index < -0.39 is 0 Å². The monoisotopic (exact) mass is 336 g/mol. The van der Waals surface area contributed by atoms with Crippen LogP contribution in [0.4, 0.5) is 0 Å². The van der Waals surface area contributed by atoms with Crippen molar-refractivity contribution in [3.05, 3.63) is 47.3 Å². The summed E-state index contributed by atoms with van der Waals surface area (Å²) >= 11 is 0. The fraction of sp³-hybridized carbons (Fsp3) is 0.500. The lowest BCUT2D eigenvalue weighted by molar-refractivity contribution is 0.0672. The van der Waals surface area contributed by atoms with Gasteiger partial charge in [-0.2, -0.15) is 5.10 Å². The van der Waals surface area contributed by atoms with Gasteiger partial charge >= 0.3 is 0 Å². The summed E-state index contributed by atoms with van der Waals surface area (Å²) in [5.74, 6) is 0.157. The molecule has 2 aromatic rings. The number of amides is 1. The van der Waals surface area contributed by atoms with Gasteiger partial charge in [0.2, 0.25) is 0 Å². The van der Waals surface area contributed by atoms with Crippen LogP contribution in [0.2, 0.25) is 0 Å². The number of aromatic nitrogens is 2. The molecular formula is C20H24N4O. The fourth-order valence-corrected chi connectivity index (χ4v) is 4.83. The van der Waals surface area contributed by atoms with Crippen LogP contribution >= 0.6 is 0 Å². The van der Waals surface area contributed by atoms with E-state index in [0.29, 0.717) is 17.8 Å². The molecule has 130 valence electrons. The quantitative estimate of drug-likeness (QED) is 0.916. The van der Waals surface area contributed by atoms with Gasteiger partial charge in [0.05, 0.1) is 5.69 Å². The molecule has 3 aliphatic rings. The highest BCUT2D eigenvalue weighted by molar-refractivity contribution is 5.95. The highest BCUT2D eigenvalue weighted by Crippen LogP contribution is 2.33. The summed E-state index contributed by atoms with van der Waals surface area (Å²) < 4.78 is 2.01.